The van der Waals surface area contributed by atoms with Gasteiger partial charge in [0.25, 0.3) is 0 Å². The molecule has 2 heterocycles. The summed E-state index contributed by atoms with van der Waals surface area (Å²) < 4.78 is 28.2. The molecule has 4 aromatic carbocycles. The van der Waals surface area contributed by atoms with Crippen LogP contribution in [-0.2, 0) is 38.8 Å². The highest BCUT2D eigenvalue weighted by Gasteiger charge is 2.48. The van der Waals surface area contributed by atoms with Gasteiger partial charge in [-0.2, -0.15) is 0 Å². The highest BCUT2D eigenvalue weighted by atomic mass is 79.9. The van der Waals surface area contributed by atoms with Gasteiger partial charge in [0.15, 0.2) is 0 Å². The summed E-state index contributed by atoms with van der Waals surface area (Å²) in [5, 5.41) is 11.9. The summed E-state index contributed by atoms with van der Waals surface area (Å²) in [6.45, 7) is 3.28. The minimum absolute atomic E-state index is 0.279. The zero-order valence-electron chi connectivity index (χ0n) is 26.1. The van der Waals surface area contributed by atoms with Gasteiger partial charge < -0.3 is 24.1 Å². The number of hydrogen-bond acceptors (Lipinski definition) is 6. The number of hydrogen-bond donors (Lipinski definition) is 1. The molecule has 1 aliphatic heterocycles. The molecule has 0 radical (unpaired) electrons. The molecule has 5 nitrogen and oxygen atoms in total. The van der Waals surface area contributed by atoms with Crippen molar-refractivity contribution in [2.45, 2.75) is 69.8 Å². The van der Waals surface area contributed by atoms with Gasteiger partial charge in [-0.3, -0.25) is 0 Å². The predicted octanol–water partition coefficient (Wildman–Crippen LogP) is 9.85. The second-order valence-electron chi connectivity index (χ2n) is 11.6. The molecule has 1 unspecified atom stereocenters. The average Bonchev–Trinajstić information content (AvgIpc) is 3.56. The fourth-order valence-electron chi connectivity index (χ4n) is 5.96. The van der Waals surface area contributed by atoms with Gasteiger partial charge in [-0.15, -0.1) is 11.3 Å². The van der Waals surface area contributed by atoms with Crippen LogP contribution >= 0.6 is 38.9 Å². The molecule has 0 aliphatic carbocycles. The first kappa shape index (κ1) is 34.0. The molecule has 0 saturated carbocycles. The van der Waals surface area contributed by atoms with Gasteiger partial charge in [-0.1, -0.05) is 116 Å². The highest BCUT2D eigenvalue weighted by Crippen LogP contribution is 2.42. The van der Waals surface area contributed by atoms with E-state index in [4.69, 9.17) is 30.5 Å². The lowest BCUT2D eigenvalue weighted by atomic mass is 9.88. The Morgan fingerprint density at radius 3 is 1.77 bits per heavy atom. The zero-order valence-corrected chi connectivity index (χ0v) is 29.2. The molecule has 8 heteroatoms. The third-order valence-corrected chi connectivity index (χ3v) is 10.4. The number of benzene rings is 4. The fraction of sp³-hybridized carbons (Fsp3) is 0.282. The zero-order chi connectivity index (χ0) is 32.6. The maximum atomic E-state index is 11.4. The number of aliphatic hydroxyl groups is 1. The quantitative estimate of drug-likeness (QED) is 0.131. The van der Waals surface area contributed by atoms with Crippen molar-refractivity contribution in [2.24, 2.45) is 0 Å². The number of aliphatic hydroxyl groups excluding tert-OH is 1. The van der Waals surface area contributed by atoms with Crippen LogP contribution in [0.25, 0.3) is 0 Å². The molecule has 1 saturated heterocycles. The van der Waals surface area contributed by atoms with Gasteiger partial charge in [0.2, 0.25) is 0 Å². The van der Waals surface area contributed by atoms with Crippen molar-refractivity contribution in [1.29, 1.82) is 0 Å². The minimum atomic E-state index is -0.889. The molecule has 1 fully saturated rings. The normalized spacial score (nSPS) is 21.8. The van der Waals surface area contributed by atoms with Crippen LogP contribution in [0.5, 0.6) is 0 Å². The first-order chi connectivity index (χ1) is 23.0. The summed E-state index contributed by atoms with van der Waals surface area (Å²) in [5.41, 5.74) is 4.64. The first-order valence-electron chi connectivity index (χ1n) is 15.8. The Kier molecular flexibility index (Phi) is 12.0. The van der Waals surface area contributed by atoms with E-state index >= 15 is 0 Å². The summed E-state index contributed by atoms with van der Waals surface area (Å²) in [6.07, 6.45) is -2.38. The van der Waals surface area contributed by atoms with E-state index in [1.807, 2.05) is 97.1 Å². The average molecular weight is 734 g/mol. The van der Waals surface area contributed by atoms with Crippen LogP contribution in [0.2, 0.25) is 5.02 Å². The molecule has 6 atom stereocenters. The summed E-state index contributed by atoms with van der Waals surface area (Å²) in [7, 11) is 0. The van der Waals surface area contributed by atoms with E-state index in [0.717, 1.165) is 30.9 Å². The molecule has 1 aliphatic rings. The maximum absolute atomic E-state index is 11.4. The van der Waals surface area contributed by atoms with E-state index < -0.39 is 30.5 Å². The van der Waals surface area contributed by atoms with Crippen molar-refractivity contribution in [3.63, 3.8) is 0 Å². The topological polar surface area (TPSA) is 57.2 Å². The lowest BCUT2D eigenvalue weighted by molar-refractivity contribution is -0.267. The van der Waals surface area contributed by atoms with E-state index in [0.29, 0.717) is 36.8 Å². The Bertz CT molecular complexity index is 1690. The van der Waals surface area contributed by atoms with Gasteiger partial charge in [0.1, 0.15) is 30.5 Å². The first-order valence-corrected chi connectivity index (χ1v) is 17.8. The molecule has 1 N–H and O–H groups in total. The van der Waals surface area contributed by atoms with Gasteiger partial charge in [-0.05, 0) is 68.9 Å². The summed E-state index contributed by atoms with van der Waals surface area (Å²) in [6, 6.07) is 39.9. The molecule has 6 rings (SSSR count). The van der Waals surface area contributed by atoms with Crippen LogP contribution in [0.15, 0.2) is 125 Å². The largest absolute Gasteiger partial charge is 0.383 e. The maximum Gasteiger partial charge on any atom is 0.117 e. The van der Waals surface area contributed by atoms with Crippen LogP contribution in [0, 0.1) is 0 Å². The monoisotopic (exact) mass is 732 g/mol. The SMILES string of the molecule is CC[C@H]1O[C@@H](c2ccc(Cl)c(C(O)c3ccc(Br)s3)c2)[C@H](OCc2ccccc2)[C@@H](OCc2ccccc2)[C@@H]1OCc1ccccc1. The minimum Gasteiger partial charge on any atom is -0.383 e. The molecular weight excluding hydrogens is 696 g/mol. The third-order valence-electron chi connectivity index (χ3n) is 8.40. The molecule has 244 valence electrons. The summed E-state index contributed by atoms with van der Waals surface area (Å²) in [5.74, 6) is 0. The van der Waals surface area contributed by atoms with E-state index in [2.05, 4.69) is 47.1 Å². The van der Waals surface area contributed by atoms with Gasteiger partial charge in [0.05, 0.1) is 29.7 Å². The van der Waals surface area contributed by atoms with E-state index in [-0.39, 0.29) is 6.10 Å². The molecule has 0 bridgehead atoms. The Labute approximate surface area is 294 Å². The van der Waals surface area contributed by atoms with E-state index in [1.54, 1.807) is 0 Å². The van der Waals surface area contributed by atoms with Gasteiger partial charge in [0, 0.05) is 15.5 Å². The van der Waals surface area contributed by atoms with Crippen LogP contribution in [0.1, 0.15) is 58.2 Å². The lowest BCUT2D eigenvalue weighted by Crippen LogP contribution is -2.57. The Balaban J connectivity index is 1.37. The number of thiophene rings is 1. The van der Waals surface area contributed by atoms with Crippen LogP contribution < -0.4 is 0 Å². The molecule has 5 aromatic rings. The highest BCUT2D eigenvalue weighted by molar-refractivity contribution is 9.11. The molecule has 1 aromatic heterocycles. The van der Waals surface area contributed by atoms with Crippen molar-refractivity contribution < 1.29 is 24.1 Å². The van der Waals surface area contributed by atoms with Crippen molar-refractivity contribution >= 4 is 38.9 Å². The summed E-state index contributed by atoms with van der Waals surface area (Å²) >= 11 is 11.7. The van der Waals surface area contributed by atoms with Crippen molar-refractivity contribution in [3.05, 3.63) is 163 Å². The second-order valence-corrected chi connectivity index (χ2v) is 14.5. The fourth-order valence-corrected chi connectivity index (χ4v) is 7.61. The lowest BCUT2D eigenvalue weighted by Gasteiger charge is -2.46. The standard InChI is InChI=1S/C39H38BrClO5S/c1-2-32-37(43-23-26-12-6-3-7-13-26)39(45-25-28-16-10-5-11-17-28)38(44-24-27-14-8-4-9-15-27)36(46-32)29-18-19-31(41)30(22-29)35(42)33-20-21-34(40)47-33/h3-22,32,35-39,42H,2,23-25H2,1H3/t32-,35?,36+,37-,38+,39+/m1/s1. The Morgan fingerprint density at radius 2 is 1.26 bits per heavy atom. The van der Waals surface area contributed by atoms with E-state index in [9.17, 15) is 5.11 Å². The number of rotatable bonds is 13. The van der Waals surface area contributed by atoms with Crippen LogP contribution in [-0.4, -0.2) is 29.5 Å². The van der Waals surface area contributed by atoms with E-state index in [1.165, 1.54) is 11.3 Å². The van der Waals surface area contributed by atoms with Crippen molar-refractivity contribution in [2.75, 3.05) is 0 Å². The number of halogens is 2. The second kappa shape index (κ2) is 16.5. The predicted molar refractivity (Wildman–Crippen MR) is 190 cm³/mol. The van der Waals surface area contributed by atoms with Crippen molar-refractivity contribution in [1.82, 2.24) is 0 Å². The Hall–Kier alpha value is -2.85. The van der Waals surface area contributed by atoms with Gasteiger partial charge >= 0.3 is 0 Å². The number of ether oxygens (including phenoxy) is 4. The molecular formula is C39H38BrClO5S. The van der Waals surface area contributed by atoms with Gasteiger partial charge in [-0.25, -0.2) is 0 Å². The summed E-state index contributed by atoms with van der Waals surface area (Å²) in [4.78, 5) is 0.794. The molecule has 0 amide bonds. The molecule has 47 heavy (non-hydrogen) atoms. The molecule has 0 spiro atoms. The smallest absolute Gasteiger partial charge is 0.117 e. The third kappa shape index (κ3) is 8.60. The van der Waals surface area contributed by atoms with Crippen molar-refractivity contribution in [3.8, 4) is 0 Å². The Morgan fingerprint density at radius 1 is 0.723 bits per heavy atom. The van der Waals surface area contributed by atoms with Crippen LogP contribution in [0.4, 0.5) is 0 Å². The van der Waals surface area contributed by atoms with Crippen LogP contribution in [0.3, 0.4) is 0 Å².